The summed E-state index contributed by atoms with van der Waals surface area (Å²) in [5.74, 6) is 1.90. The maximum Gasteiger partial charge on any atom is 0.131 e. The first-order valence-corrected chi connectivity index (χ1v) is 7.16. The monoisotopic (exact) mass is 271 g/mol. The smallest absolute Gasteiger partial charge is 0.131 e. The van der Waals surface area contributed by atoms with Gasteiger partial charge in [-0.2, -0.15) is 0 Å². The van der Waals surface area contributed by atoms with Crippen molar-refractivity contribution in [2.45, 2.75) is 38.8 Å². The number of aryl methyl sites for hydroxylation is 1. The van der Waals surface area contributed by atoms with Crippen molar-refractivity contribution in [2.24, 2.45) is 0 Å². The first kappa shape index (κ1) is 13.2. The second kappa shape index (κ2) is 5.29. The van der Waals surface area contributed by atoms with Crippen LogP contribution in [0.5, 0.6) is 0 Å². The molecule has 0 radical (unpaired) electrons. The molecule has 0 saturated heterocycles. The fourth-order valence-electron chi connectivity index (χ4n) is 3.08. The maximum atomic E-state index is 6.37. The van der Waals surface area contributed by atoms with E-state index in [9.17, 15) is 0 Å². The Kier molecular flexibility index (Phi) is 3.49. The number of nitrogen functional groups attached to an aromatic ring is 1. The summed E-state index contributed by atoms with van der Waals surface area (Å²) in [7, 11) is 1.71. The van der Waals surface area contributed by atoms with E-state index in [1.807, 2.05) is 12.1 Å². The minimum Gasteiger partial charge on any atom is -0.383 e. The first-order chi connectivity index (χ1) is 9.72. The molecule has 1 aromatic heterocycles. The molecule has 0 spiro atoms. The summed E-state index contributed by atoms with van der Waals surface area (Å²) in [5.41, 5.74) is 9.49. The van der Waals surface area contributed by atoms with E-state index in [0.29, 0.717) is 12.6 Å². The van der Waals surface area contributed by atoms with Crippen LogP contribution in [0, 0.1) is 0 Å². The molecule has 1 aliphatic rings. The molecule has 1 aromatic carbocycles. The maximum absolute atomic E-state index is 6.37. The van der Waals surface area contributed by atoms with Crippen LogP contribution >= 0.6 is 0 Å². The molecular weight excluding hydrogens is 250 g/mol. The molecule has 4 nitrogen and oxygen atoms in total. The zero-order chi connectivity index (χ0) is 14.1. The van der Waals surface area contributed by atoms with Crippen molar-refractivity contribution in [3.05, 3.63) is 35.7 Å². The van der Waals surface area contributed by atoms with Gasteiger partial charge in [-0.25, -0.2) is 4.98 Å². The van der Waals surface area contributed by atoms with Crippen molar-refractivity contribution >= 4 is 5.82 Å². The lowest BCUT2D eigenvalue weighted by Crippen LogP contribution is -2.16. The molecule has 3 rings (SSSR count). The molecule has 106 valence electrons. The number of hydrogen-bond acceptors (Lipinski definition) is 3. The van der Waals surface area contributed by atoms with Crippen LogP contribution in [-0.2, 0) is 17.8 Å². The van der Waals surface area contributed by atoms with Crippen LogP contribution in [-0.4, -0.2) is 16.7 Å². The number of fused-ring (bicyclic) bond motifs is 1. The van der Waals surface area contributed by atoms with Crippen LogP contribution in [0.1, 0.15) is 37.2 Å². The predicted octanol–water partition coefficient (Wildman–Crippen LogP) is 3.18. The van der Waals surface area contributed by atoms with E-state index in [0.717, 1.165) is 34.9 Å². The summed E-state index contributed by atoms with van der Waals surface area (Å²) >= 11 is 0. The lowest BCUT2D eigenvalue weighted by Gasteiger charge is -2.22. The zero-order valence-electron chi connectivity index (χ0n) is 12.1. The van der Waals surface area contributed by atoms with Gasteiger partial charge in [0.1, 0.15) is 17.3 Å². The topological polar surface area (TPSA) is 53.1 Å². The zero-order valence-corrected chi connectivity index (χ0v) is 12.1. The molecule has 1 unspecified atom stereocenters. The fourth-order valence-corrected chi connectivity index (χ4v) is 3.08. The fraction of sp³-hybridized carbons (Fsp3) is 0.438. The molecule has 4 heteroatoms. The van der Waals surface area contributed by atoms with Crippen LogP contribution in [0.25, 0.3) is 11.3 Å². The molecule has 1 aliphatic heterocycles. The molecule has 2 aromatic rings. The highest BCUT2D eigenvalue weighted by molar-refractivity contribution is 5.74. The van der Waals surface area contributed by atoms with Gasteiger partial charge in [0.15, 0.2) is 0 Å². The number of hydrogen-bond donors (Lipinski definition) is 1. The Balaban J connectivity index is 2.12. The van der Waals surface area contributed by atoms with E-state index in [1.54, 1.807) is 7.11 Å². The Morgan fingerprint density at radius 2 is 2.20 bits per heavy atom. The summed E-state index contributed by atoms with van der Waals surface area (Å²) in [6, 6.07) is 8.63. The van der Waals surface area contributed by atoms with Crippen LogP contribution in [0.4, 0.5) is 5.82 Å². The predicted molar refractivity (Wildman–Crippen MR) is 80.4 cm³/mol. The van der Waals surface area contributed by atoms with Gasteiger partial charge >= 0.3 is 0 Å². The Labute approximate surface area is 119 Å². The Hall–Kier alpha value is -1.81. The standard InChI is InChI=1S/C16H21N3O/c1-11-6-5-9-14-18-15(16(17)19(11)14)13-8-4-3-7-12(13)10-20-2/h3-4,7-8,11H,5-6,9-10,17H2,1-2H3. The third-order valence-corrected chi connectivity index (χ3v) is 4.06. The number of imidazole rings is 1. The minimum atomic E-state index is 0.439. The van der Waals surface area contributed by atoms with Crippen molar-refractivity contribution in [2.75, 3.05) is 12.8 Å². The summed E-state index contributed by atoms with van der Waals surface area (Å²) in [5, 5.41) is 0. The molecule has 0 amide bonds. The van der Waals surface area contributed by atoms with E-state index >= 15 is 0 Å². The van der Waals surface area contributed by atoms with Gasteiger partial charge in [0.25, 0.3) is 0 Å². The van der Waals surface area contributed by atoms with Crippen LogP contribution in [0.3, 0.4) is 0 Å². The van der Waals surface area contributed by atoms with Gasteiger partial charge in [-0.15, -0.1) is 0 Å². The summed E-state index contributed by atoms with van der Waals surface area (Å²) in [6.07, 6.45) is 3.38. The Morgan fingerprint density at radius 3 is 2.95 bits per heavy atom. The summed E-state index contributed by atoms with van der Waals surface area (Å²) < 4.78 is 7.47. The highest BCUT2D eigenvalue weighted by Gasteiger charge is 2.24. The minimum absolute atomic E-state index is 0.439. The van der Waals surface area contributed by atoms with E-state index in [2.05, 4.69) is 23.6 Å². The number of aromatic nitrogens is 2. The van der Waals surface area contributed by atoms with E-state index < -0.39 is 0 Å². The molecule has 1 atom stereocenters. The molecule has 0 saturated carbocycles. The highest BCUT2D eigenvalue weighted by Crippen LogP contribution is 2.35. The number of rotatable bonds is 3. The Bertz CT molecular complexity index is 618. The molecule has 2 heterocycles. The van der Waals surface area contributed by atoms with Crippen molar-refractivity contribution in [3.63, 3.8) is 0 Å². The lowest BCUT2D eigenvalue weighted by molar-refractivity contribution is 0.185. The van der Waals surface area contributed by atoms with Gasteiger partial charge in [0, 0.05) is 25.1 Å². The molecule has 20 heavy (non-hydrogen) atoms. The third-order valence-electron chi connectivity index (χ3n) is 4.06. The third kappa shape index (κ3) is 2.10. The number of methoxy groups -OCH3 is 1. The van der Waals surface area contributed by atoms with Crippen molar-refractivity contribution in [3.8, 4) is 11.3 Å². The number of nitrogens with zero attached hydrogens (tertiary/aromatic N) is 2. The molecule has 0 bridgehead atoms. The average molecular weight is 271 g/mol. The first-order valence-electron chi connectivity index (χ1n) is 7.16. The number of benzene rings is 1. The Morgan fingerprint density at radius 1 is 1.40 bits per heavy atom. The van der Waals surface area contributed by atoms with Crippen LogP contribution < -0.4 is 5.73 Å². The normalized spacial score (nSPS) is 18.0. The van der Waals surface area contributed by atoms with Gasteiger partial charge in [-0.3, -0.25) is 0 Å². The van der Waals surface area contributed by atoms with Crippen molar-refractivity contribution < 1.29 is 4.74 Å². The van der Waals surface area contributed by atoms with Crippen LogP contribution in [0.15, 0.2) is 24.3 Å². The molecule has 0 fully saturated rings. The van der Waals surface area contributed by atoms with E-state index in [-0.39, 0.29) is 0 Å². The van der Waals surface area contributed by atoms with Gasteiger partial charge in [-0.05, 0) is 25.3 Å². The highest BCUT2D eigenvalue weighted by atomic mass is 16.5. The van der Waals surface area contributed by atoms with Gasteiger partial charge < -0.3 is 15.0 Å². The van der Waals surface area contributed by atoms with Crippen molar-refractivity contribution in [1.82, 2.24) is 9.55 Å². The lowest BCUT2D eigenvalue weighted by atomic mass is 10.0. The van der Waals surface area contributed by atoms with Gasteiger partial charge in [-0.1, -0.05) is 24.3 Å². The molecule has 2 N–H and O–H groups in total. The van der Waals surface area contributed by atoms with E-state index in [4.69, 9.17) is 15.5 Å². The van der Waals surface area contributed by atoms with Gasteiger partial charge in [0.05, 0.1) is 6.61 Å². The second-order valence-electron chi connectivity index (χ2n) is 5.46. The van der Waals surface area contributed by atoms with Crippen LogP contribution in [0.2, 0.25) is 0 Å². The van der Waals surface area contributed by atoms with Gasteiger partial charge in [0.2, 0.25) is 0 Å². The van der Waals surface area contributed by atoms with E-state index in [1.165, 1.54) is 12.8 Å². The second-order valence-corrected chi connectivity index (χ2v) is 5.46. The quantitative estimate of drug-likeness (QED) is 0.932. The largest absolute Gasteiger partial charge is 0.383 e. The molecule has 0 aliphatic carbocycles. The molecular formula is C16H21N3O. The SMILES string of the molecule is COCc1ccccc1-c1nc2n(c1N)C(C)CCC2. The number of ether oxygens (including phenoxy) is 1. The number of nitrogens with two attached hydrogens (primary N) is 1. The summed E-state index contributed by atoms with van der Waals surface area (Å²) in [4.78, 5) is 4.80. The number of anilines is 1. The van der Waals surface area contributed by atoms with Crippen molar-refractivity contribution in [1.29, 1.82) is 0 Å². The average Bonchev–Trinajstić information content (AvgIpc) is 2.78. The summed E-state index contributed by atoms with van der Waals surface area (Å²) in [6.45, 7) is 2.79.